The molecule has 0 saturated heterocycles. The first-order valence-electron chi connectivity index (χ1n) is 13.3. The third-order valence-corrected chi connectivity index (χ3v) is 8.37. The summed E-state index contributed by atoms with van der Waals surface area (Å²) in [6, 6.07) is 23.3. The van der Waals surface area contributed by atoms with E-state index in [9.17, 15) is 8.42 Å². The summed E-state index contributed by atoms with van der Waals surface area (Å²) in [6.07, 6.45) is 5.79. The molecule has 196 valence electrons. The number of hydrogen-bond donors (Lipinski definition) is 0. The van der Waals surface area contributed by atoms with Crippen LogP contribution in [0.1, 0.15) is 46.0 Å². The Bertz CT molecular complexity index is 1350. The molecule has 0 spiro atoms. The fourth-order valence-corrected chi connectivity index (χ4v) is 6.07. The zero-order chi connectivity index (χ0) is 26.1. The van der Waals surface area contributed by atoms with Crippen molar-refractivity contribution in [1.82, 2.24) is 4.90 Å². The lowest BCUT2D eigenvalue weighted by Crippen LogP contribution is -2.28. The Morgan fingerprint density at radius 1 is 0.757 bits per heavy atom. The zero-order valence-corrected chi connectivity index (χ0v) is 22.7. The second-order valence-corrected chi connectivity index (χ2v) is 11.2. The van der Waals surface area contributed by atoms with Crippen LogP contribution in [0.2, 0.25) is 0 Å². The van der Waals surface area contributed by atoms with E-state index < -0.39 is 9.84 Å². The van der Waals surface area contributed by atoms with Crippen molar-refractivity contribution >= 4 is 20.8 Å². The molecule has 0 N–H and O–H groups in total. The van der Waals surface area contributed by atoms with E-state index in [0.717, 1.165) is 31.6 Å². The molecule has 3 aromatic carbocycles. The van der Waals surface area contributed by atoms with Gasteiger partial charge < -0.3 is 14.1 Å². The van der Waals surface area contributed by atoms with E-state index >= 15 is 0 Å². The van der Waals surface area contributed by atoms with E-state index in [4.69, 9.17) is 9.15 Å². The summed E-state index contributed by atoms with van der Waals surface area (Å²) >= 11 is 0. The quantitative estimate of drug-likeness (QED) is 0.161. The highest BCUT2D eigenvalue weighted by atomic mass is 32.2. The predicted molar refractivity (Wildman–Crippen MR) is 150 cm³/mol. The SMILES string of the molecule is CCCCN(CCCC)CCCOc1ccc(S(=O)(=O)c2c(-c3ccccc3)oc3ccccc23)cc1. The van der Waals surface area contributed by atoms with Crippen LogP contribution in [-0.2, 0) is 9.84 Å². The minimum absolute atomic E-state index is 0.196. The molecule has 0 aliphatic rings. The first-order valence-corrected chi connectivity index (χ1v) is 14.8. The summed E-state index contributed by atoms with van der Waals surface area (Å²) in [7, 11) is -3.83. The number of benzene rings is 3. The van der Waals surface area contributed by atoms with Gasteiger partial charge in [-0.2, -0.15) is 0 Å². The highest BCUT2D eigenvalue weighted by Crippen LogP contribution is 2.39. The fourth-order valence-electron chi connectivity index (χ4n) is 4.48. The number of para-hydroxylation sites is 1. The lowest BCUT2D eigenvalue weighted by Gasteiger charge is -2.21. The Kier molecular flexibility index (Phi) is 9.42. The highest BCUT2D eigenvalue weighted by Gasteiger charge is 2.28. The number of ether oxygens (including phenoxy) is 1. The molecule has 1 aromatic heterocycles. The van der Waals surface area contributed by atoms with Crippen molar-refractivity contribution in [3.8, 4) is 17.1 Å². The van der Waals surface area contributed by atoms with E-state index in [1.54, 1.807) is 36.4 Å². The molecule has 1 heterocycles. The molecule has 5 nitrogen and oxygen atoms in total. The van der Waals surface area contributed by atoms with Crippen LogP contribution in [0.3, 0.4) is 0 Å². The lowest BCUT2D eigenvalue weighted by atomic mass is 10.1. The van der Waals surface area contributed by atoms with Gasteiger partial charge in [0, 0.05) is 17.5 Å². The van der Waals surface area contributed by atoms with Gasteiger partial charge in [0.2, 0.25) is 9.84 Å². The Morgan fingerprint density at radius 2 is 1.38 bits per heavy atom. The average Bonchev–Trinajstić information content (AvgIpc) is 3.33. The molecule has 4 rings (SSSR count). The van der Waals surface area contributed by atoms with Crippen molar-refractivity contribution in [1.29, 1.82) is 0 Å². The van der Waals surface area contributed by atoms with Gasteiger partial charge in [-0.25, -0.2) is 8.42 Å². The Balaban J connectivity index is 1.48. The molecule has 0 unspecified atom stereocenters. The minimum atomic E-state index is -3.83. The Morgan fingerprint density at radius 3 is 2.05 bits per heavy atom. The van der Waals surface area contributed by atoms with Crippen molar-refractivity contribution < 1.29 is 17.6 Å². The number of sulfone groups is 1. The van der Waals surface area contributed by atoms with Crippen LogP contribution < -0.4 is 4.74 Å². The first-order chi connectivity index (χ1) is 18.0. The maximum atomic E-state index is 13.8. The standard InChI is InChI=1S/C31H37NO4S/c1-3-5-21-32(22-6-4-2)23-12-24-35-26-17-19-27(20-18-26)37(33,34)31-28-15-10-11-16-29(28)36-30(31)25-13-8-7-9-14-25/h7-11,13-20H,3-6,12,21-24H2,1-2H3. The van der Waals surface area contributed by atoms with Gasteiger partial charge in [-0.3, -0.25) is 0 Å². The molecule has 0 fully saturated rings. The second kappa shape index (κ2) is 12.9. The topological polar surface area (TPSA) is 59.8 Å². The van der Waals surface area contributed by atoms with E-state index in [1.807, 2.05) is 42.5 Å². The third-order valence-electron chi connectivity index (χ3n) is 6.53. The van der Waals surface area contributed by atoms with Gasteiger partial charge in [-0.05, 0) is 68.8 Å². The van der Waals surface area contributed by atoms with Gasteiger partial charge in [0.05, 0.1) is 11.5 Å². The van der Waals surface area contributed by atoms with Gasteiger partial charge in [0.1, 0.15) is 16.2 Å². The summed E-state index contributed by atoms with van der Waals surface area (Å²) in [4.78, 5) is 2.93. The molecule has 6 heteroatoms. The largest absolute Gasteiger partial charge is 0.494 e. The second-order valence-electron chi connectivity index (χ2n) is 9.35. The predicted octanol–water partition coefficient (Wildman–Crippen LogP) is 7.60. The van der Waals surface area contributed by atoms with E-state index in [0.29, 0.717) is 29.1 Å². The van der Waals surface area contributed by atoms with Crippen molar-refractivity contribution in [2.75, 3.05) is 26.2 Å². The Labute approximate surface area is 221 Å². The van der Waals surface area contributed by atoms with Gasteiger partial charge in [0.25, 0.3) is 0 Å². The number of furan rings is 1. The maximum absolute atomic E-state index is 13.8. The molecule has 4 aromatic rings. The van der Waals surface area contributed by atoms with Gasteiger partial charge in [-0.15, -0.1) is 0 Å². The van der Waals surface area contributed by atoms with Crippen molar-refractivity contribution in [3.63, 3.8) is 0 Å². The summed E-state index contributed by atoms with van der Waals surface area (Å²) in [5.74, 6) is 1.03. The Hall–Kier alpha value is -3.09. The maximum Gasteiger partial charge on any atom is 0.211 e. The highest BCUT2D eigenvalue weighted by molar-refractivity contribution is 7.91. The fraction of sp³-hybridized carbons (Fsp3) is 0.355. The zero-order valence-electron chi connectivity index (χ0n) is 21.9. The molecule has 0 amide bonds. The average molecular weight is 520 g/mol. The monoisotopic (exact) mass is 519 g/mol. The number of nitrogens with zero attached hydrogens (tertiary/aromatic N) is 1. The third kappa shape index (κ3) is 6.62. The molecular formula is C31H37NO4S. The van der Waals surface area contributed by atoms with Crippen molar-refractivity contribution in [2.45, 2.75) is 55.7 Å². The van der Waals surface area contributed by atoms with Crippen LogP contribution in [0.15, 0.2) is 93.1 Å². The molecule has 37 heavy (non-hydrogen) atoms. The summed E-state index contributed by atoms with van der Waals surface area (Å²) in [5.41, 5.74) is 1.27. The summed E-state index contributed by atoms with van der Waals surface area (Å²) in [6.45, 7) is 8.34. The normalized spacial score (nSPS) is 11.9. The number of hydrogen-bond acceptors (Lipinski definition) is 5. The molecule has 0 saturated carbocycles. The van der Waals surface area contributed by atoms with Crippen LogP contribution in [0.5, 0.6) is 5.75 Å². The van der Waals surface area contributed by atoms with Crippen LogP contribution in [0.25, 0.3) is 22.3 Å². The lowest BCUT2D eigenvalue weighted by molar-refractivity contribution is 0.229. The van der Waals surface area contributed by atoms with Crippen LogP contribution >= 0.6 is 0 Å². The van der Waals surface area contributed by atoms with Crippen molar-refractivity contribution in [2.24, 2.45) is 0 Å². The molecular weight excluding hydrogens is 482 g/mol. The van der Waals surface area contributed by atoms with Crippen LogP contribution in [-0.4, -0.2) is 39.6 Å². The summed E-state index contributed by atoms with van der Waals surface area (Å²) < 4.78 is 39.6. The minimum Gasteiger partial charge on any atom is -0.494 e. The number of rotatable bonds is 14. The molecule has 0 atom stereocenters. The first kappa shape index (κ1) is 27.0. The number of fused-ring (bicyclic) bond motifs is 1. The van der Waals surface area contributed by atoms with Crippen LogP contribution in [0.4, 0.5) is 0 Å². The van der Waals surface area contributed by atoms with Gasteiger partial charge in [0.15, 0.2) is 5.76 Å². The molecule has 0 aliphatic carbocycles. The van der Waals surface area contributed by atoms with Crippen molar-refractivity contribution in [3.05, 3.63) is 78.9 Å². The van der Waals surface area contributed by atoms with E-state index in [2.05, 4.69) is 18.7 Å². The van der Waals surface area contributed by atoms with Crippen LogP contribution in [0, 0.1) is 0 Å². The van der Waals surface area contributed by atoms with Gasteiger partial charge in [-0.1, -0.05) is 69.2 Å². The molecule has 0 aliphatic heterocycles. The molecule has 0 radical (unpaired) electrons. The summed E-state index contributed by atoms with van der Waals surface area (Å²) in [5, 5.41) is 0.581. The van der Waals surface area contributed by atoms with E-state index in [-0.39, 0.29) is 9.79 Å². The molecule has 0 bridgehead atoms. The van der Waals surface area contributed by atoms with E-state index in [1.165, 1.54) is 25.7 Å². The number of unbranched alkanes of at least 4 members (excludes halogenated alkanes) is 2. The van der Waals surface area contributed by atoms with Gasteiger partial charge >= 0.3 is 0 Å². The smallest absolute Gasteiger partial charge is 0.211 e.